The van der Waals surface area contributed by atoms with Crippen LogP contribution >= 0.6 is 12.2 Å². The lowest BCUT2D eigenvalue weighted by atomic mass is 10.0. The highest BCUT2D eigenvalue weighted by Crippen LogP contribution is 2.23. The Labute approximate surface area is 131 Å². The molecule has 2 rings (SSSR count). The fourth-order valence-electron chi connectivity index (χ4n) is 1.85. The molecule has 0 amide bonds. The average Bonchev–Trinajstić information content (AvgIpc) is 2.49. The molecule has 0 atom stereocenters. The summed E-state index contributed by atoms with van der Waals surface area (Å²) in [6, 6.07) is 13.3. The Morgan fingerprint density at radius 1 is 1.23 bits per heavy atom. The number of nitrogens with zero attached hydrogens (tertiary/aromatic N) is 2. The van der Waals surface area contributed by atoms with E-state index in [0.717, 1.165) is 5.56 Å². The summed E-state index contributed by atoms with van der Waals surface area (Å²) < 4.78 is 0. The number of anilines is 1. The van der Waals surface area contributed by atoms with Crippen LogP contribution in [-0.4, -0.2) is 15.7 Å². The first-order valence-electron chi connectivity index (χ1n) is 6.22. The van der Waals surface area contributed by atoms with E-state index in [0.29, 0.717) is 17.0 Å². The summed E-state index contributed by atoms with van der Waals surface area (Å²) in [6.45, 7) is 0. The number of rotatable bonds is 4. The lowest BCUT2D eigenvalue weighted by molar-refractivity contribution is -0.384. The number of nitrogens with two attached hydrogens (primary N) is 2. The van der Waals surface area contributed by atoms with Crippen LogP contribution in [0.2, 0.25) is 0 Å². The minimum Gasteiger partial charge on any atom is -0.398 e. The SMILES string of the molecule is NC(=S)N/N=C(/c1ccccc1)c1cc([N+](=O)[O-])ccc1N. The summed E-state index contributed by atoms with van der Waals surface area (Å²) in [5.74, 6) is 0. The molecule has 0 fully saturated rings. The van der Waals surface area contributed by atoms with Gasteiger partial charge in [-0.15, -0.1) is 0 Å². The van der Waals surface area contributed by atoms with E-state index >= 15 is 0 Å². The molecular weight excluding hydrogens is 302 g/mol. The Kier molecular flexibility index (Phi) is 4.64. The van der Waals surface area contributed by atoms with Gasteiger partial charge >= 0.3 is 0 Å². The largest absolute Gasteiger partial charge is 0.398 e. The Balaban J connectivity index is 2.59. The molecule has 2 aromatic rings. The van der Waals surface area contributed by atoms with Gasteiger partial charge in [0.05, 0.1) is 4.92 Å². The van der Waals surface area contributed by atoms with Crippen LogP contribution in [0.15, 0.2) is 53.6 Å². The number of benzene rings is 2. The van der Waals surface area contributed by atoms with Crippen LogP contribution in [0.3, 0.4) is 0 Å². The predicted molar refractivity (Wildman–Crippen MR) is 89.5 cm³/mol. The lowest BCUT2D eigenvalue weighted by Crippen LogP contribution is -2.26. The monoisotopic (exact) mass is 315 g/mol. The average molecular weight is 315 g/mol. The highest BCUT2D eigenvalue weighted by Gasteiger charge is 2.15. The molecule has 2 aromatic carbocycles. The number of nitrogen functional groups attached to an aromatic ring is 1. The number of nitro benzene ring substituents is 1. The van der Waals surface area contributed by atoms with Crippen molar-refractivity contribution in [2.75, 3.05) is 5.73 Å². The summed E-state index contributed by atoms with van der Waals surface area (Å²) in [4.78, 5) is 10.5. The second kappa shape index (κ2) is 6.64. The van der Waals surface area contributed by atoms with E-state index in [4.69, 9.17) is 23.7 Å². The molecule has 0 aromatic heterocycles. The number of nitro groups is 1. The van der Waals surface area contributed by atoms with Crippen molar-refractivity contribution in [3.05, 3.63) is 69.8 Å². The fraction of sp³-hybridized carbons (Fsp3) is 0. The molecule has 0 saturated heterocycles. The van der Waals surface area contributed by atoms with Crippen LogP contribution in [0.1, 0.15) is 11.1 Å². The van der Waals surface area contributed by atoms with E-state index in [1.165, 1.54) is 18.2 Å². The number of non-ortho nitro benzene ring substituents is 1. The van der Waals surface area contributed by atoms with Crippen molar-refractivity contribution in [3.63, 3.8) is 0 Å². The van der Waals surface area contributed by atoms with E-state index in [-0.39, 0.29) is 10.8 Å². The summed E-state index contributed by atoms with van der Waals surface area (Å²) in [7, 11) is 0. The third-order valence-electron chi connectivity index (χ3n) is 2.83. The maximum Gasteiger partial charge on any atom is 0.270 e. The fourth-order valence-corrected chi connectivity index (χ4v) is 1.90. The van der Waals surface area contributed by atoms with Crippen LogP contribution in [0, 0.1) is 10.1 Å². The molecule has 0 heterocycles. The summed E-state index contributed by atoms with van der Waals surface area (Å²) in [5.41, 5.74) is 15.6. The maximum atomic E-state index is 11.0. The molecule has 5 N–H and O–H groups in total. The smallest absolute Gasteiger partial charge is 0.270 e. The zero-order chi connectivity index (χ0) is 16.1. The number of hydrazone groups is 1. The van der Waals surface area contributed by atoms with Crippen LogP contribution in [0.25, 0.3) is 0 Å². The van der Waals surface area contributed by atoms with Gasteiger partial charge < -0.3 is 11.5 Å². The number of hydrogen-bond acceptors (Lipinski definition) is 5. The Hall–Kier alpha value is -3.00. The van der Waals surface area contributed by atoms with Crippen molar-refractivity contribution in [2.45, 2.75) is 0 Å². The number of nitrogens with one attached hydrogen (secondary N) is 1. The summed E-state index contributed by atoms with van der Waals surface area (Å²) in [5, 5.41) is 15.1. The molecule has 0 unspecified atom stereocenters. The van der Waals surface area contributed by atoms with Crippen molar-refractivity contribution < 1.29 is 4.92 Å². The zero-order valence-corrected chi connectivity index (χ0v) is 12.2. The van der Waals surface area contributed by atoms with Crippen molar-refractivity contribution in [3.8, 4) is 0 Å². The van der Waals surface area contributed by atoms with Crippen LogP contribution in [0.5, 0.6) is 0 Å². The van der Waals surface area contributed by atoms with Gasteiger partial charge in [0.15, 0.2) is 5.11 Å². The molecule has 0 saturated carbocycles. The van der Waals surface area contributed by atoms with Crippen molar-refractivity contribution in [1.29, 1.82) is 0 Å². The second-order valence-corrected chi connectivity index (χ2v) is 4.77. The standard InChI is InChI=1S/C14H13N5O2S/c15-12-7-6-10(19(20)21)8-11(12)13(17-18-14(16)22)9-4-2-1-3-5-9/h1-8H,15H2,(H3,16,18,22)/b17-13-. The van der Waals surface area contributed by atoms with E-state index < -0.39 is 4.92 Å². The lowest BCUT2D eigenvalue weighted by Gasteiger charge is -2.10. The Morgan fingerprint density at radius 3 is 2.50 bits per heavy atom. The molecule has 0 aliphatic heterocycles. The molecule has 0 aliphatic carbocycles. The van der Waals surface area contributed by atoms with Crippen LogP contribution < -0.4 is 16.9 Å². The molecular formula is C14H13N5O2S. The molecule has 22 heavy (non-hydrogen) atoms. The Bertz CT molecular complexity index is 746. The van der Waals surface area contributed by atoms with Gasteiger partial charge in [0.25, 0.3) is 5.69 Å². The summed E-state index contributed by atoms with van der Waals surface area (Å²) in [6.07, 6.45) is 0. The second-order valence-electron chi connectivity index (χ2n) is 4.33. The van der Waals surface area contributed by atoms with Crippen LogP contribution in [-0.2, 0) is 0 Å². The molecule has 0 bridgehead atoms. The van der Waals surface area contributed by atoms with Gasteiger partial charge in [0, 0.05) is 28.9 Å². The molecule has 0 spiro atoms. The van der Waals surface area contributed by atoms with Gasteiger partial charge in [-0.05, 0) is 18.3 Å². The predicted octanol–water partition coefficient (Wildman–Crippen LogP) is 1.76. The van der Waals surface area contributed by atoms with E-state index in [2.05, 4.69) is 10.5 Å². The maximum absolute atomic E-state index is 11.0. The van der Waals surface area contributed by atoms with Crippen molar-refractivity contribution >= 4 is 34.4 Å². The first kappa shape index (κ1) is 15.4. The van der Waals surface area contributed by atoms with Gasteiger partial charge in [-0.3, -0.25) is 15.5 Å². The Morgan fingerprint density at radius 2 is 1.91 bits per heavy atom. The van der Waals surface area contributed by atoms with E-state index in [9.17, 15) is 10.1 Å². The van der Waals surface area contributed by atoms with Gasteiger partial charge in [0.1, 0.15) is 5.71 Å². The third-order valence-corrected chi connectivity index (χ3v) is 2.92. The highest BCUT2D eigenvalue weighted by molar-refractivity contribution is 7.80. The topological polar surface area (TPSA) is 120 Å². The summed E-state index contributed by atoms with van der Waals surface area (Å²) >= 11 is 4.73. The molecule has 0 aliphatic rings. The zero-order valence-electron chi connectivity index (χ0n) is 11.4. The van der Waals surface area contributed by atoms with Gasteiger partial charge in [-0.1, -0.05) is 30.3 Å². The number of thiocarbonyl (C=S) groups is 1. The quantitative estimate of drug-likeness (QED) is 0.260. The van der Waals surface area contributed by atoms with Crippen molar-refractivity contribution in [2.24, 2.45) is 10.8 Å². The normalized spacial score (nSPS) is 11.0. The van der Waals surface area contributed by atoms with Crippen molar-refractivity contribution in [1.82, 2.24) is 5.43 Å². The molecule has 112 valence electrons. The first-order chi connectivity index (χ1) is 10.5. The molecule has 0 radical (unpaired) electrons. The van der Waals surface area contributed by atoms with Crippen LogP contribution in [0.4, 0.5) is 11.4 Å². The minimum atomic E-state index is -0.494. The van der Waals surface area contributed by atoms with E-state index in [1.54, 1.807) is 12.1 Å². The highest BCUT2D eigenvalue weighted by atomic mass is 32.1. The van der Waals surface area contributed by atoms with Gasteiger partial charge in [-0.2, -0.15) is 5.10 Å². The van der Waals surface area contributed by atoms with E-state index in [1.807, 2.05) is 18.2 Å². The molecule has 7 nitrogen and oxygen atoms in total. The first-order valence-corrected chi connectivity index (χ1v) is 6.62. The van der Waals surface area contributed by atoms with Gasteiger partial charge in [0.2, 0.25) is 0 Å². The molecule has 8 heteroatoms. The third kappa shape index (κ3) is 3.55. The number of hydrogen-bond donors (Lipinski definition) is 3. The minimum absolute atomic E-state index is 0.0163. The van der Waals surface area contributed by atoms with Gasteiger partial charge in [-0.25, -0.2) is 0 Å².